The molecule has 0 radical (unpaired) electrons. The van der Waals surface area contributed by atoms with Gasteiger partial charge in [0.15, 0.2) is 11.6 Å². The lowest BCUT2D eigenvalue weighted by Crippen LogP contribution is -2.50. The van der Waals surface area contributed by atoms with Crippen molar-refractivity contribution in [2.24, 2.45) is 0 Å². The van der Waals surface area contributed by atoms with E-state index < -0.39 is 21.7 Å². The first-order valence-electron chi connectivity index (χ1n) is 9.98. The van der Waals surface area contributed by atoms with Crippen LogP contribution in [0.1, 0.15) is 11.3 Å². The molecule has 3 aromatic rings. The maximum Gasteiger partial charge on any atom is 0.243 e. The minimum absolute atomic E-state index is 0.0820. The molecule has 2 aromatic carbocycles. The molecule has 6 nitrogen and oxygen atoms in total. The number of carbonyl (C=O) groups is 1. The van der Waals surface area contributed by atoms with E-state index in [0.717, 1.165) is 28.3 Å². The molecule has 0 unspecified atom stereocenters. The van der Waals surface area contributed by atoms with Crippen LogP contribution in [0.2, 0.25) is 0 Å². The standard InChI is InChI=1S/C22H21F2N3O3S2/c1-15-3-2-4-16(11-15)22-25-17(14-31-22)12-21(28)26-7-9-27(10-8-26)32(29,30)18-5-6-19(23)20(24)13-18/h2-6,11,13-14H,7-10,12H2,1H3. The van der Waals surface area contributed by atoms with Gasteiger partial charge in [-0.3, -0.25) is 4.79 Å². The number of benzene rings is 2. The zero-order valence-electron chi connectivity index (χ0n) is 17.3. The van der Waals surface area contributed by atoms with E-state index in [0.29, 0.717) is 11.8 Å². The van der Waals surface area contributed by atoms with Crippen LogP contribution in [0.3, 0.4) is 0 Å². The summed E-state index contributed by atoms with van der Waals surface area (Å²) in [6.07, 6.45) is 0.137. The van der Waals surface area contributed by atoms with Crippen LogP contribution in [0.5, 0.6) is 0 Å². The normalized spacial score (nSPS) is 15.2. The van der Waals surface area contributed by atoms with Crippen LogP contribution < -0.4 is 0 Å². The quantitative estimate of drug-likeness (QED) is 0.564. The molecule has 0 bridgehead atoms. The van der Waals surface area contributed by atoms with Gasteiger partial charge < -0.3 is 4.90 Å². The molecule has 0 atom stereocenters. The Hall–Kier alpha value is -2.69. The summed E-state index contributed by atoms with van der Waals surface area (Å²) in [4.78, 5) is 18.6. The van der Waals surface area contributed by atoms with Crippen LogP contribution in [-0.4, -0.2) is 54.7 Å². The molecule has 0 saturated carbocycles. The van der Waals surface area contributed by atoms with E-state index in [1.54, 1.807) is 4.90 Å². The van der Waals surface area contributed by atoms with E-state index in [4.69, 9.17) is 0 Å². The number of nitrogens with zero attached hydrogens (tertiary/aromatic N) is 3. The molecule has 32 heavy (non-hydrogen) atoms. The lowest BCUT2D eigenvalue weighted by molar-refractivity contribution is -0.131. The van der Waals surface area contributed by atoms with Crippen LogP contribution in [0.15, 0.2) is 52.7 Å². The van der Waals surface area contributed by atoms with Crippen LogP contribution in [-0.2, 0) is 21.2 Å². The Balaban J connectivity index is 1.37. The molecule has 1 amide bonds. The van der Waals surface area contributed by atoms with Gasteiger partial charge in [-0.15, -0.1) is 11.3 Å². The third-order valence-electron chi connectivity index (χ3n) is 5.27. The predicted molar refractivity (Wildman–Crippen MR) is 118 cm³/mol. The van der Waals surface area contributed by atoms with E-state index in [9.17, 15) is 22.0 Å². The molecular formula is C22H21F2N3O3S2. The molecule has 0 spiro atoms. The highest BCUT2D eigenvalue weighted by Crippen LogP contribution is 2.25. The second-order valence-electron chi connectivity index (χ2n) is 7.55. The molecule has 1 aromatic heterocycles. The molecule has 10 heteroatoms. The summed E-state index contributed by atoms with van der Waals surface area (Å²) in [5, 5.41) is 2.71. The van der Waals surface area contributed by atoms with Gasteiger partial charge in [-0.05, 0) is 31.2 Å². The lowest BCUT2D eigenvalue weighted by Gasteiger charge is -2.34. The van der Waals surface area contributed by atoms with Gasteiger partial charge in [0.2, 0.25) is 15.9 Å². The smallest absolute Gasteiger partial charge is 0.243 e. The van der Waals surface area contributed by atoms with Crippen molar-refractivity contribution in [1.29, 1.82) is 0 Å². The second kappa shape index (κ2) is 9.05. The van der Waals surface area contributed by atoms with Gasteiger partial charge in [-0.1, -0.05) is 23.8 Å². The van der Waals surface area contributed by atoms with Crippen LogP contribution in [0.4, 0.5) is 8.78 Å². The van der Waals surface area contributed by atoms with E-state index in [1.165, 1.54) is 15.6 Å². The molecule has 4 rings (SSSR count). The monoisotopic (exact) mass is 477 g/mol. The Kier molecular flexibility index (Phi) is 6.36. The fourth-order valence-electron chi connectivity index (χ4n) is 3.53. The number of halogens is 2. The summed E-state index contributed by atoms with van der Waals surface area (Å²) in [6.45, 7) is 2.61. The molecule has 0 N–H and O–H groups in total. The second-order valence-corrected chi connectivity index (χ2v) is 10.3. The number of hydrogen-bond acceptors (Lipinski definition) is 5. The number of thiazole rings is 1. The van der Waals surface area contributed by atoms with Crippen molar-refractivity contribution in [3.63, 3.8) is 0 Å². The summed E-state index contributed by atoms with van der Waals surface area (Å²) in [7, 11) is -3.96. The first kappa shape index (κ1) is 22.5. The highest BCUT2D eigenvalue weighted by molar-refractivity contribution is 7.89. The number of aryl methyl sites for hydroxylation is 1. The number of carbonyl (C=O) groups excluding carboxylic acids is 1. The average molecular weight is 478 g/mol. The lowest BCUT2D eigenvalue weighted by atomic mass is 10.1. The number of sulfonamides is 1. The third kappa shape index (κ3) is 4.72. The SMILES string of the molecule is Cc1cccc(-c2nc(CC(=O)N3CCN(S(=O)(=O)c4ccc(F)c(F)c4)CC3)cs2)c1. The predicted octanol–water partition coefficient (Wildman–Crippen LogP) is 3.47. The van der Waals surface area contributed by atoms with Crippen molar-refractivity contribution in [2.45, 2.75) is 18.2 Å². The number of aromatic nitrogens is 1. The summed E-state index contributed by atoms with van der Waals surface area (Å²) >= 11 is 1.48. The van der Waals surface area contributed by atoms with Crippen LogP contribution in [0, 0.1) is 18.6 Å². The molecule has 0 aliphatic carbocycles. The Morgan fingerprint density at radius 1 is 1.06 bits per heavy atom. The highest BCUT2D eigenvalue weighted by Gasteiger charge is 2.30. The van der Waals surface area contributed by atoms with Crippen molar-refractivity contribution >= 4 is 27.3 Å². The van der Waals surface area contributed by atoms with Gasteiger partial charge in [-0.2, -0.15) is 4.31 Å². The van der Waals surface area contributed by atoms with Gasteiger partial charge in [0.05, 0.1) is 17.0 Å². The minimum Gasteiger partial charge on any atom is -0.340 e. The first-order chi connectivity index (χ1) is 15.2. The molecule has 1 aliphatic rings. The van der Waals surface area contributed by atoms with Crippen molar-refractivity contribution in [3.05, 3.63) is 70.7 Å². The summed E-state index contributed by atoms with van der Waals surface area (Å²) in [5.74, 6) is -2.45. The fourth-order valence-corrected chi connectivity index (χ4v) is 5.78. The van der Waals surface area contributed by atoms with Crippen molar-refractivity contribution in [1.82, 2.24) is 14.2 Å². The molecular weight excluding hydrogens is 456 g/mol. The maximum atomic E-state index is 13.5. The van der Waals surface area contributed by atoms with E-state index in [-0.39, 0.29) is 43.4 Å². The van der Waals surface area contributed by atoms with Crippen LogP contribution in [0.25, 0.3) is 10.6 Å². The Morgan fingerprint density at radius 3 is 2.50 bits per heavy atom. The summed E-state index contributed by atoms with van der Waals surface area (Å²) in [6, 6.07) is 10.5. The number of amides is 1. The van der Waals surface area contributed by atoms with E-state index in [1.807, 2.05) is 36.6 Å². The Labute approximate surface area is 189 Å². The first-order valence-corrected chi connectivity index (χ1v) is 12.3. The van der Waals surface area contributed by atoms with Crippen molar-refractivity contribution < 1.29 is 22.0 Å². The zero-order chi connectivity index (χ0) is 22.9. The van der Waals surface area contributed by atoms with Crippen molar-refractivity contribution in [3.8, 4) is 10.6 Å². The Morgan fingerprint density at radius 2 is 1.81 bits per heavy atom. The Bertz CT molecular complexity index is 1250. The van der Waals surface area contributed by atoms with E-state index >= 15 is 0 Å². The molecule has 1 saturated heterocycles. The third-order valence-corrected chi connectivity index (χ3v) is 8.10. The van der Waals surface area contributed by atoms with Gasteiger partial charge in [0, 0.05) is 37.1 Å². The molecule has 168 valence electrons. The summed E-state index contributed by atoms with van der Waals surface area (Å²) < 4.78 is 53.2. The number of hydrogen-bond donors (Lipinski definition) is 0. The largest absolute Gasteiger partial charge is 0.340 e. The molecule has 1 fully saturated rings. The zero-order valence-corrected chi connectivity index (χ0v) is 18.9. The van der Waals surface area contributed by atoms with Crippen LogP contribution >= 0.6 is 11.3 Å². The molecule has 1 aliphatic heterocycles. The van der Waals surface area contributed by atoms with Gasteiger partial charge in [0.25, 0.3) is 0 Å². The number of piperazine rings is 1. The van der Waals surface area contributed by atoms with Gasteiger partial charge in [-0.25, -0.2) is 22.2 Å². The number of rotatable bonds is 5. The van der Waals surface area contributed by atoms with Gasteiger partial charge in [0.1, 0.15) is 5.01 Å². The molecule has 2 heterocycles. The highest BCUT2D eigenvalue weighted by atomic mass is 32.2. The fraction of sp³-hybridized carbons (Fsp3) is 0.273. The van der Waals surface area contributed by atoms with Crippen molar-refractivity contribution in [2.75, 3.05) is 26.2 Å². The average Bonchev–Trinajstić information content (AvgIpc) is 3.24. The maximum absolute atomic E-state index is 13.5. The van der Waals surface area contributed by atoms with Gasteiger partial charge >= 0.3 is 0 Å². The summed E-state index contributed by atoms with van der Waals surface area (Å²) in [5.41, 5.74) is 2.81. The topological polar surface area (TPSA) is 70.6 Å². The van der Waals surface area contributed by atoms with E-state index in [2.05, 4.69) is 4.98 Å². The minimum atomic E-state index is -3.96.